The molecule has 0 aliphatic rings. The standard InChI is InChI=1S/C2H3NO/c1-2(3)4/h1H3. The van der Waals surface area contributed by atoms with Gasteiger partial charge in [0.05, 0.1) is 0 Å². The van der Waals surface area contributed by atoms with Gasteiger partial charge in [-0.1, -0.05) is 0 Å². The van der Waals surface area contributed by atoms with E-state index in [-0.39, 0.29) is 0 Å². The minimum atomic E-state index is -0.833. The molecule has 4 heavy (non-hydrogen) atoms. The highest BCUT2D eigenvalue weighted by atomic mass is 16.1. The average Bonchev–Trinajstić information content (AvgIpc) is 0.811. The van der Waals surface area contributed by atoms with Crippen molar-refractivity contribution < 1.29 is 4.79 Å². The van der Waals surface area contributed by atoms with E-state index in [4.69, 9.17) is 10.5 Å². The molecule has 0 heterocycles. The van der Waals surface area contributed by atoms with E-state index in [9.17, 15) is 0 Å². The Balaban J connectivity index is 2.80. The van der Waals surface area contributed by atoms with Crippen molar-refractivity contribution in [3.8, 4) is 0 Å². The van der Waals surface area contributed by atoms with Crippen molar-refractivity contribution in [3.05, 3.63) is 0 Å². The molecule has 0 fully saturated rings. The molecule has 0 spiro atoms. The minimum absolute atomic E-state index is 0.833. The number of carbonyl (C=O) groups is 1. The molecule has 0 rings (SSSR count). The van der Waals surface area contributed by atoms with E-state index in [1.54, 1.807) is 0 Å². The first-order chi connectivity index (χ1) is 1.73. The van der Waals surface area contributed by atoms with Crippen LogP contribution in [0, 0.1) is 0 Å². The normalized spacial score (nSPS) is 6.25. The topological polar surface area (TPSA) is 39.4 Å². The Morgan fingerprint density at radius 2 is 2.00 bits per heavy atom. The number of rotatable bonds is 0. The van der Waals surface area contributed by atoms with Gasteiger partial charge in [-0.05, 0) is 0 Å². The van der Waals surface area contributed by atoms with Gasteiger partial charge in [-0.25, -0.2) is 0 Å². The third kappa shape index (κ3) is 1.16. The van der Waals surface area contributed by atoms with E-state index >= 15 is 0 Å². The number of nitrogens with zero attached hydrogens (tertiary/aromatic N) is 1. The number of amides is 1. The molecular formula is C2H3NO. The number of hydrogen-bond acceptors (Lipinski definition) is 1. The van der Waals surface area contributed by atoms with Crippen molar-refractivity contribution in [3.63, 3.8) is 0 Å². The van der Waals surface area contributed by atoms with Crippen molar-refractivity contribution in [2.75, 3.05) is 0 Å². The van der Waals surface area contributed by atoms with Crippen LogP contribution >= 0.6 is 0 Å². The van der Waals surface area contributed by atoms with Crippen LogP contribution in [0.25, 0.3) is 0 Å². The second kappa shape index (κ2) is 0.875. The highest BCUT2D eigenvalue weighted by Crippen LogP contribution is 1.39. The molecule has 0 bridgehead atoms. The molecule has 0 saturated carbocycles. The number of hydrogen-bond donors (Lipinski definition) is 0. The van der Waals surface area contributed by atoms with E-state index in [1.165, 1.54) is 0 Å². The Labute approximate surface area is 24.6 Å². The van der Waals surface area contributed by atoms with Crippen LogP contribution < -0.4 is 5.73 Å². The van der Waals surface area contributed by atoms with E-state index in [2.05, 4.69) is 0 Å². The van der Waals surface area contributed by atoms with E-state index in [0.29, 0.717) is 0 Å². The molecule has 0 unspecified atom stereocenters. The Morgan fingerprint density at radius 1 is 2.00 bits per heavy atom. The number of carbonyl (C=O) groups excluding carboxylic acids is 1. The SMILES string of the molecule is CC([N])=O. The fraction of sp³-hybridized carbons (Fsp3) is 0.500. The van der Waals surface area contributed by atoms with Gasteiger partial charge in [-0.15, -0.1) is 5.73 Å². The van der Waals surface area contributed by atoms with Crippen LogP contribution in [0.3, 0.4) is 0 Å². The summed E-state index contributed by atoms with van der Waals surface area (Å²) in [6.45, 7) is 1.08. The van der Waals surface area contributed by atoms with Gasteiger partial charge in [0, 0.05) is 6.92 Å². The predicted molar refractivity (Wildman–Crippen MR) is 12.8 cm³/mol. The van der Waals surface area contributed by atoms with Crippen molar-refractivity contribution >= 4 is 5.91 Å². The molecule has 0 aromatic heterocycles. The molecule has 0 atom stereocenters. The van der Waals surface area contributed by atoms with Crippen LogP contribution in [0.15, 0.2) is 0 Å². The monoisotopic (exact) mass is 57.0 g/mol. The zero-order valence-electron chi connectivity index (χ0n) is 2.36. The van der Waals surface area contributed by atoms with E-state index in [1.807, 2.05) is 0 Å². The first kappa shape index (κ1) is 3.47. The van der Waals surface area contributed by atoms with Crippen LogP contribution in [0.4, 0.5) is 0 Å². The van der Waals surface area contributed by atoms with E-state index in [0.717, 1.165) is 6.92 Å². The molecule has 0 saturated heterocycles. The van der Waals surface area contributed by atoms with Crippen LogP contribution in [-0.4, -0.2) is 5.91 Å². The molecule has 0 aliphatic heterocycles. The smallest absolute Gasteiger partial charge is 0.261 e. The maximum absolute atomic E-state index is 9.00. The largest absolute Gasteiger partial charge is 0.271 e. The van der Waals surface area contributed by atoms with Crippen molar-refractivity contribution in [1.82, 2.24) is 5.73 Å². The molecule has 0 aliphatic carbocycles. The van der Waals surface area contributed by atoms with Crippen molar-refractivity contribution in [2.45, 2.75) is 6.92 Å². The first-order valence-electron chi connectivity index (χ1n) is 0.928. The second-order valence-corrected chi connectivity index (χ2v) is 0.519. The lowest BCUT2D eigenvalue weighted by atomic mass is 10.8. The van der Waals surface area contributed by atoms with Gasteiger partial charge < -0.3 is 0 Å². The summed E-state index contributed by atoms with van der Waals surface area (Å²) < 4.78 is 0. The van der Waals surface area contributed by atoms with Crippen LogP contribution in [0.2, 0.25) is 0 Å². The molecule has 0 aromatic carbocycles. The summed E-state index contributed by atoms with van der Waals surface area (Å²) >= 11 is 0. The van der Waals surface area contributed by atoms with Gasteiger partial charge in [0.1, 0.15) is 0 Å². The van der Waals surface area contributed by atoms with Gasteiger partial charge >= 0.3 is 0 Å². The zero-order chi connectivity index (χ0) is 3.58. The summed E-state index contributed by atoms with van der Waals surface area (Å²) in [5.41, 5.74) is 7.42. The summed E-state index contributed by atoms with van der Waals surface area (Å²) in [6, 6.07) is 0. The summed E-state index contributed by atoms with van der Waals surface area (Å²) in [4.78, 5) is 9.00. The summed E-state index contributed by atoms with van der Waals surface area (Å²) in [5.74, 6) is -0.833. The Bertz CT molecular complexity index is 29.0. The van der Waals surface area contributed by atoms with E-state index < -0.39 is 5.91 Å². The van der Waals surface area contributed by atoms with Crippen LogP contribution in [0.1, 0.15) is 6.92 Å². The molecule has 0 aromatic rings. The molecule has 1 amide bonds. The van der Waals surface area contributed by atoms with Crippen LogP contribution in [-0.2, 0) is 4.79 Å². The maximum Gasteiger partial charge on any atom is 0.261 e. The molecule has 2 nitrogen and oxygen atoms in total. The summed E-state index contributed by atoms with van der Waals surface area (Å²) in [7, 11) is 0. The molecule has 2 radical (unpaired) electrons. The quantitative estimate of drug-likeness (QED) is 0.373. The van der Waals surface area contributed by atoms with Crippen molar-refractivity contribution in [1.29, 1.82) is 0 Å². The summed E-state index contributed by atoms with van der Waals surface area (Å²) in [5, 5.41) is 0. The predicted octanol–water partition coefficient (Wildman–Crippen LogP) is -0.398. The first-order valence-corrected chi connectivity index (χ1v) is 0.928. The van der Waals surface area contributed by atoms with Crippen LogP contribution in [0.5, 0.6) is 0 Å². The van der Waals surface area contributed by atoms with Gasteiger partial charge in [0.15, 0.2) is 0 Å². The highest BCUT2D eigenvalue weighted by Gasteiger charge is 1.68. The minimum Gasteiger partial charge on any atom is -0.271 e. The van der Waals surface area contributed by atoms with Gasteiger partial charge in [-0.3, -0.25) is 4.79 Å². The second-order valence-electron chi connectivity index (χ2n) is 0.519. The molecule has 22 valence electrons. The highest BCUT2D eigenvalue weighted by molar-refractivity contribution is 5.69. The molecular weight excluding hydrogens is 54.0 g/mol. The fourth-order valence-electron chi connectivity index (χ4n) is 0. The fourth-order valence-corrected chi connectivity index (χ4v) is 0. The average molecular weight is 57.1 g/mol. The van der Waals surface area contributed by atoms with Gasteiger partial charge in [0.2, 0.25) is 0 Å². The lowest BCUT2D eigenvalue weighted by Crippen LogP contribution is -1.83. The lowest BCUT2D eigenvalue weighted by Gasteiger charge is -1.51. The third-order valence-corrected chi connectivity index (χ3v) is 0. The van der Waals surface area contributed by atoms with Gasteiger partial charge in [0.25, 0.3) is 5.91 Å². The Kier molecular flexibility index (Phi) is 0.759. The Morgan fingerprint density at radius 3 is 2.00 bits per heavy atom. The Hall–Kier alpha value is -0.530. The summed E-state index contributed by atoms with van der Waals surface area (Å²) in [6.07, 6.45) is 0. The molecule has 2 heteroatoms. The lowest BCUT2D eigenvalue weighted by molar-refractivity contribution is -0.116. The van der Waals surface area contributed by atoms with Gasteiger partial charge in [-0.2, -0.15) is 0 Å². The van der Waals surface area contributed by atoms with Crippen molar-refractivity contribution in [2.24, 2.45) is 0 Å². The molecule has 0 N–H and O–H groups in total. The third-order valence-electron chi connectivity index (χ3n) is 0. The maximum atomic E-state index is 9.00. The zero-order valence-corrected chi connectivity index (χ0v) is 2.36.